The van der Waals surface area contributed by atoms with E-state index in [1.807, 2.05) is 0 Å². The van der Waals surface area contributed by atoms with Crippen molar-refractivity contribution < 1.29 is 22.1 Å². The molecule has 0 radical (unpaired) electrons. The lowest BCUT2D eigenvalue weighted by atomic mass is 9.80. The third-order valence-corrected chi connectivity index (χ3v) is 4.58. The van der Waals surface area contributed by atoms with E-state index >= 15 is 0 Å². The Balaban J connectivity index is 1.83. The third kappa shape index (κ3) is 3.91. The standard InChI is InChI=1S/C12H22O5S/c1-15-8-16-11-4-3-9-5-12(7-10(9)6-11)17-18(2,13)14/h9-12H,3-8H2,1-2H3/t9-,10?,11+,12+/m0/s1. The van der Waals surface area contributed by atoms with Gasteiger partial charge in [0.25, 0.3) is 10.1 Å². The average Bonchev–Trinajstić information content (AvgIpc) is 2.64. The summed E-state index contributed by atoms with van der Waals surface area (Å²) in [7, 11) is -1.71. The normalized spacial score (nSPS) is 36.6. The van der Waals surface area contributed by atoms with E-state index in [4.69, 9.17) is 13.7 Å². The molecule has 4 atom stereocenters. The molecular formula is C12H22O5S. The molecule has 2 aliphatic rings. The molecule has 0 spiro atoms. The number of methoxy groups -OCH3 is 1. The second kappa shape index (κ2) is 5.86. The van der Waals surface area contributed by atoms with E-state index in [1.165, 1.54) is 0 Å². The molecule has 0 aromatic rings. The monoisotopic (exact) mass is 278 g/mol. The summed E-state index contributed by atoms with van der Waals surface area (Å²) in [6.45, 7) is 0.339. The van der Waals surface area contributed by atoms with Crippen molar-refractivity contribution in [2.75, 3.05) is 20.2 Å². The van der Waals surface area contributed by atoms with Crippen LogP contribution in [0.25, 0.3) is 0 Å². The first-order valence-corrected chi connectivity index (χ1v) is 8.28. The fourth-order valence-electron chi connectivity index (χ4n) is 3.30. The van der Waals surface area contributed by atoms with Crippen molar-refractivity contribution in [2.24, 2.45) is 11.8 Å². The van der Waals surface area contributed by atoms with Gasteiger partial charge in [0, 0.05) is 7.11 Å². The summed E-state index contributed by atoms with van der Waals surface area (Å²) in [5.74, 6) is 1.13. The molecule has 0 bridgehead atoms. The first kappa shape index (κ1) is 14.2. The van der Waals surface area contributed by atoms with Crippen LogP contribution in [-0.2, 0) is 23.8 Å². The van der Waals surface area contributed by atoms with Gasteiger partial charge in [-0.05, 0) is 43.9 Å². The van der Waals surface area contributed by atoms with E-state index in [2.05, 4.69) is 0 Å². The molecular weight excluding hydrogens is 256 g/mol. The van der Waals surface area contributed by atoms with Crippen LogP contribution in [0.4, 0.5) is 0 Å². The van der Waals surface area contributed by atoms with Crippen molar-refractivity contribution in [1.82, 2.24) is 0 Å². The van der Waals surface area contributed by atoms with Gasteiger partial charge in [-0.2, -0.15) is 8.42 Å². The minimum atomic E-state index is -3.33. The minimum absolute atomic E-state index is 0.129. The fourth-order valence-corrected chi connectivity index (χ4v) is 3.95. The van der Waals surface area contributed by atoms with Gasteiger partial charge in [0.1, 0.15) is 6.79 Å². The molecule has 6 heteroatoms. The Bertz CT molecular complexity index is 367. The van der Waals surface area contributed by atoms with Gasteiger partial charge < -0.3 is 9.47 Å². The van der Waals surface area contributed by atoms with Crippen LogP contribution in [0.15, 0.2) is 0 Å². The van der Waals surface area contributed by atoms with Crippen molar-refractivity contribution >= 4 is 10.1 Å². The largest absolute Gasteiger partial charge is 0.359 e. The molecule has 0 aromatic carbocycles. The number of hydrogen-bond acceptors (Lipinski definition) is 5. The van der Waals surface area contributed by atoms with Crippen LogP contribution >= 0.6 is 0 Å². The van der Waals surface area contributed by atoms with E-state index in [0.29, 0.717) is 18.6 Å². The Kier molecular flexibility index (Phi) is 4.64. The molecule has 0 aromatic heterocycles. The first-order valence-electron chi connectivity index (χ1n) is 6.46. The second-order valence-corrected chi connectivity index (χ2v) is 7.02. The maximum absolute atomic E-state index is 11.1. The maximum Gasteiger partial charge on any atom is 0.264 e. The van der Waals surface area contributed by atoms with Gasteiger partial charge in [-0.3, -0.25) is 4.18 Å². The Labute approximate surface area is 109 Å². The zero-order valence-electron chi connectivity index (χ0n) is 11.0. The predicted octanol–water partition coefficient (Wildman–Crippen LogP) is 1.53. The van der Waals surface area contributed by atoms with Crippen molar-refractivity contribution in [1.29, 1.82) is 0 Å². The van der Waals surface area contributed by atoms with Crippen LogP contribution in [-0.4, -0.2) is 40.8 Å². The smallest absolute Gasteiger partial charge is 0.264 e. The van der Waals surface area contributed by atoms with Crippen LogP contribution in [0.2, 0.25) is 0 Å². The predicted molar refractivity (Wildman–Crippen MR) is 66.5 cm³/mol. The van der Waals surface area contributed by atoms with Crippen molar-refractivity contribution in [3.8, 4) is 0 Å². The topological polar surface area (TPSA) is 61.8 Å². The summed E-state index contributed by atoms with van der Waals surface area (Å²) in [5, 5.41) is 0. The molecule has 2 rings (SSSR count). The number of hydrogen-bond donors (Lipinski definition) is 0. The summed E-state index contributed by atoms with van der Waals surface area (Å²) in [6.07, 6.45) is 6.09. The first-order chi connectivity index (χ1) is 8.48. The van der Waals surface area contributed by atoms with Crippen LogP contribution in [0.5, 0.6) is 0 Å². The molecule has 1 unspecified atom stereocenters. The number of rotatable bonds is 5. The highest BCUT2D eigenvalue weighted by Crippen LogP contribution is 2.44. The van der Waals surface area contributed by atoms with Gasteiger partial charge >= 0.3 is 0 Å². The molecule has 18 heavy (non-hydrogen) atoms. The molecule has 0 amide bonds. The third-order valence-electron chi connectivity index (χ3n) is 3.96. The minimum Gasteiger partial charge on any atom is -0.359 e. The molecule has 2 saturated carbocycles. The molecule has 0 aliphatic heterocycles. The van der Waals surface area contributed by atoms with Crippen LogP contribution < -0.4 is 0 Å². The van der Waals surface area contributed by atoms with Crippen LogP contribution in [0.1, 0.15) is 32.1 Å². The second-order valence-electron chi connectivity index (χ2n) is 5.42. The SMILES string of the molecule is COCO[C@@H]1CC[C@H]2C[C@@H](OS(C)(=O)=O)CC2C1. The van der Waals surface area contributed by atoms with Crippen molar-refractivity contribution in [3.05, 3.63) is 0 Å². The Morgan fingerprint density at radius 2 is 1.72 bits per heavy atom. The Morgan fingerprint density at radius 1 is 1.06 bits per heavy atom. The van der Waals surface area contributed by atoms with E-state index in [9.17, 15) is 8.42 Å². The van der Waals surface area contributed by atoms with E-state index in [-0.39, 0.29) is 12.2 Å². The average molecular weight is 278 g/mol. The summed E-state index contributed by atoms with van der Waals surface area (Å²) in [5.41, 5.74) is 0. The lowest BCUT2D eigenvalue weighted by molar-refractivity contribution is -0.0922. The van der Waals surface area contributed by atoms with Gasteiger partial charge in [0.2, 0.25) is 0 Å². The molecule has 2 aliphatic carbocycles. The van der Waals surface area contributed by atoms with Crippen molar-refractivity contribution in [3.63, 3.8) is 0 Å². The number of fused-ring (bicyclic) bond motifs is 1. The van der Waals surface area contributed by atoms with Gasteiger partial charge in [0.15, 0.2) is 0 Å². The van der Waals surface area contributed by atoms with Crippen LogP contribution in [0.3, 0.4) is 0 Å². The van der Waals surface area contributed by atoms with Crippen LogP contribution in [0, 0.1) is 11.8 Å². The van der Waals surface area contributed by atoms with Gasteiger partial charge in [-0.25, -0.2) is 0 Å². The zero-order chi connectivity index (χ0) is 13.2. The highest BCUT2D eigenvalue weighted by atomic mass is 32.2. The Hall–Kier alpha value is -0.170. The molecule has 106 valence electrons. The summed E-state index contributed by atoms with van der Waals surface area (Å²) >= 11 is 0. The zero-order valence-corrected chi connectivity index (χ0v) is 11.8. The highest BCUT2D eigenvalue weighted by molar-refractivity contribution is 7.86. The van der Waals surface area contributed by atoms with E-state index < -0.39 is 10.1 Å². The maximum atomic E-state index is 11.1. The van der Waals surface area contributed by atoms with Gasteiger partial charge in [-0.1, -0.05) is 0 Å². The molecule has 5 nitrogen and oxygen atoms in total. The van der Waals surface area contributed by atoms with E-state index in [1.54, 1.807) is 7.11 Å². The van der Waals surface area contributed by atoms with E-state index in [0.717, 1.165) is 38.4 Å². The fraction of sp³-hybridized carbons (Fsp3) is 1.00. The Morgan fingerprint density at radius 3 is 2.39 bits per heavy atom. The summed E-state index contributed by atoms with van der Waals surface area (Å²) in [6, 6.07) is 0. The molecule has 0 N–H and O–H groups in total. The summed E-state index contributed by atoms with van der Waals surface area (Å²) in [4.78, 5) is 0. The highest BCUT2D eigenvalue weighted by Gasteiger charge is 2.40. The number of ether oxygens (including phenoxy) is 2. The summed E-state index contributed by atoms with van der Waals surface area (Å²) < 4.78 is 37.9. The van der Waals surface area contributed by atoms with Gasteiger partial charge in [-0.15, -0.1) is 0 Å². The molecule has 2 fully saturated rings. The molecule has 0 saturated heterocycles. The lowest BCUT2D eigenvalue weighted by Gasteiger charge is -2.31. The van der Waals surface area contributed by atoms with Gasteiger partial charge in [0.05, 0.1) is 18.5 Å². The quantitative estimate of drug-likeness (QED) is 0.564. The molecule has 0 heterocycles. The lowest BCUT2D eigenvalue weighted by Crippen LogP contribution is -2.27. The van der Waals surface area contributed by atoms with Crippen molar-refractivity contribution in [2.45, 2.75) is 44.3 Å².